The second-order valence-corrected chi connectivity index (χ2v) is 9.28. The minimum absolute atomic E-state index is 0.0793. The van der Waals surface area contributed by atoms with Crippen LogP contribution in [0.5, 0.6) is 0 Å². The van der Waals surface area contributed by atoms with Gasteiger partial charge in [0.05, 0.1) is 12.2 Å². The van der Waals surface area contributed by atoms with Crippen LogP contribution in [0.2, 0.25) is 0 Å². The summed E-state index contributed by atoms with van der Waals surface area (Å²) in [6.07, 6.45) is 6.87. The largest absolute Gasteiger partial charge is 0.301 e. The number of likely N-dealkylation sites (tertiary alicyclic amines) is 1. The van der Waals surface area contributed by atoms with E-state index in [9.17, 15) is 4.79 Å². The highest BCUT2D eigenvalue weighted by Gasteiger charge is 2.23. The molecule has 27 heavy (non-hydrogen) atoms. The number of carbonyl (C=O) groups is 1. The zero-order valence-electron chi connectivity index (χ0n) is 16.1. The maximum atomic E-state index is 12.4. The van der Waals surface area contributed by atoms with Gasteiger partial charge in [0.15, 0.2) is 5.13 Å². The van der Waals surface area contributed by atoms with E-state index in [-0.39, 0.29) is 5.91 Å². The van der Waals surface area contributed by atoms with Gasteiger partial charge in [-0.05, 0) is 69.0 Å². The number of thiazole rings is 1. The molecule has 4 rings (SSSR count). The normalized spacial score (nSPS) is 21.0. The lowest BCUT2D eigenvalue weighted by molar-refractivity contribution is -0.117. The molecule has 2 aromatic rings. The molecule has 5 heteroatoms. The van der Waals surface area contributed by atoms with E-state index < -0.39 is 0 Å². The molecule has 1 aliphatic heterocycles. The second-order valence-electron chi connectivity index (χ2n) is 8.19. The first-order chi connectivity index (χ1) is 13.2. The zero-order chi connectivity index (χ0) is 18.6. The standard InChI is InChI=1S/C22H29N3OS/c1-16-7-8-19-20(13-16)27-22(23-19)24-21(26)15-25-11-9-18(10-12-25)14-17-5-3-2-4-6-17/h2-6,16,18H,7-15H2,1H3,(H,23,24,26)/t16-/m0/s1. The monoisotopic (exact) mass is 383 g/mol. The van der Waals surface area contributed by atoms with Crippen LogP contribution in [0.3, 0.4) is 0 Å². The molecule has 4 nitrogen and oxygen atoms in total. The predicted octanol–water partition coefficient (Wildman–Crippen LogP) is 4.16. The molecule has 1 aromatic carbocycles. The Morgan fingerprint density at radius 3 is 2.78 bits per heavy atom. The first kappa shape index (κ1) is 18.6. The molecule has 1 amide bonds. The van der Waals surface area contributed by atoms with Crippen LogP contribution in [0, 0.1) is 11.8 Å². The van der Waals surface area contributed by atoms with Gasteiger partial charge in [-0.15, -0.1) is 11.3 Å². The van der Waals surface area contributed by atoms with Crippen molar-refractivity contribution in [3.63, 3.8) is 0 Å². The number of rotatable bonds is 5. The lowest BCUT2D eigenvalue weighted by atomic mass is 9.90. The van der Waals surface area contributed by atoms with Crippen LogP contribution in [0.15, 0.2) is 30.3 Å². The average Bonchev–Trinajstić information content (AvgIpc) is 3.05. The number of hydrogen-bond acceptors (Lipinski definition) is 4. The van der Waals surface area contributed by atoms with E-state index in [1.54, 1.807) is 11.3 Å². The highest BCUT2D eigenvalue weighted by Crippen LogP contribution is 2.32. The maximum absolute atomic E-state index is 12.4. The van der Waals surface area contributed by atoms with Crippen molar-refractivity contribution in [2.45, 2.75) is 45.4 Å². The number of nitrogens with zero attached hydrogens (tertiary/aromatic N) is 2. The molecule has 1 atom stereocenters. The van der Waals surface area contributed by atoms with Crippen molar-refractivity contribution in [1.82, 2.24) is 9.88 Å². The number of piperidine rings is 1. The molecule has 2 aliphatic rings. The smallest absolute Gasteiger partial charge is 0.240 e. The number of benzene rings is 1. The maximum Gasteiger partial charge on any atom is 0.240 e. The van der Waals surface area contributed by atoms with E-state index in [1.165, 1.54) is 35.4 Å². The number of aryl methyl sites for hydroxylation is 1. The van der Waals surface area contributed by atoms with Crippen LogP contribution in [-0.2, 0) is 24.1 Å². The van der Waals surface area contributed by atoms with Crippen molar-refractivity contribution in [2.24, 2.45) is 11.8 Å². The van der Waals surface area contributed by atoms with Crippen LogP contribution in [0.4, 0.5) is 5.13 Å². The molecule has 1 aromatic heterocycles. The minimum Gasteiger partial charge on any atom is -0.301 e. The molecule has 2 heterocycles. The fourth-order valence-corrected chi connectivity index (χ4v) is 5.44. The van der Waals surface area contributed by atoms with E-state index in [0.29, 0.717) is 6.54 Å². The number of nitrogens with one attached hydrogen (secondary N) is 1. The average molecular weight is 384 g/mol. The SMILES string of the molecule is C[C@H]1CCc2nc(NC(=O)CN3CCC(Cc4ccccc4)CC3)sc2C1. The van der Waals surface area contributed by atoms with Crippen molar-refractivity contribution < 1.29 is 4.79 Å². The molecule has 0 unspecified atom stereocenters. The van der Waals surface area contributed by atoms with Gasteiger partial charge in [0.2, 0.25) is 5.91 Å². The first-order valence-corrected chi connectivity index (χ1v) is 11.0. The number of fused-ring (bicyclic) bond motifs is 1. The number of hydrogen-bond donors (Lipinski definition) is 1. The molecular formula is C22H29N3OS. The summed E-state index contributed by atoms with van der Waals surface area (Å²) in [5.74, 6) is 1.55. The zero-order valence-corrected chi connectivity index (χ0v) is 16.9. The van der Waals surface area contributed by atoms with E-state index in [2.05, 4.69) is 52.5 Å². The van der Waals surface area contributed by atoms with E-state index in [4.69, 9.17) is 0 Å². The Morgan fingerprint density at radius 2 is 2.00 bits per heavy atom. The molecule has 0 bridgehead atoms. The number of aromatic nitrogens is 1. The first-order valence-electron chi connectivity index (χ1n) is 10.2. The topological polar surface area (TPSA) is 45.2 Å². The van der Waals surface area contributed by atoms with E-state index >= 15 is 0 Å². The molecule has 0 radical (unpaired) electrons. The van der Waals surface area contributed by atoms with Crippen LogP contribution in [0.1, 0.15) is 42.3 Å². The summed E-state index contributed by atoms with van der Waals surface area (Å²) in [6.45, 7) is 4.80. The van der Waals surface area contributed by atoms with Crippen molar-refractivity contribution in [3.8, 4) is 0 Å². The Balaban J connectivity index is 1.23. The Labute approximate surface area is 166 Å². The summed E-state index contributed by atoms with van der Waals surface area (Å²) in [7, 11) is 0. The molecule has 144 valence electrons. The summed E-state index contributed by atoms with van der Waals surface area (Å²) in [5, 5.41) is 3.83. The molecule has 1 fully saturated rings. The van der Waals surface area contributed by atoms with Crippen molar-refractivity contribution >= 4 is 22.4 Å². The third-order valence-corrected chi connectivity index (χ3v) is 6.91. The van der Waals surface area contributed by atoms with Gasteiger partial charge in [-0.3, -0.25) is 9.69 Å². The summed E-state index contributed by atoms with van der Waals surface area (Å²) >= 11 is 1.67. The van der Waals surface area contributed by atoms with E-state index in [0.717, 1.165) is 49.3 Å². The van der Waals surface area contributed by atoms with Crippen molar-refractivity contribution in [3.05, 3.63) is 46.5 Å². The number of anilines is 1. The highest BCUT2D eigenvalue weighted by atomic mass is 32.1. The quantitative estimate of drug-likeness (QED) is 0.843. The molecule has 1 saturated heterocycles. The van der Waals surface area contributed by atoms with Gasteiger partial charge in [0.1, 0.15) is 0 Å². The molecule has 1 aliphatic carbocycles. The Hall–Kier alpha value is -1.72. The van der Waals surface area contributed by atoms with Gasteiger partial charge in [0.25, 0.3) is 0 Å². The van der Waals surface area contributed by atoms with Gasteiger partial charge in [-0.25, -0.2) is 4.98 Å². The summed E-state index contributed by atoms with van der Waals surface area (Å²) < 4.78 is 0. The Kier molecular flexibility index (Phi) is 5.89. The highest BCUT2D eigenvalue weighted by molar-refractivity contribution is 7.15. The molecule has 0 spiro atoms. The fourth-order valence-electron chi connectivity index (χ4n) is 4.25. The van der Waals surface area contributed by atoms with Crippen LogP contribution < -0.4 is 5.32 Å². The van der Waals surface area contributed by atoms with Crippen LogP contribution in [-0.4, -0.2) is 35.4 Å². The molecular weight excluding hydrogens is 354 g/mol. The van der Waals surface area contributed by atoms with Crippen molar-refractivity contribution in [2.75, 3.05) is 25.0 Å². The molecule has 1 N–H and O–H groups in total. The summed E-state index contributed by atoms with van der Waals surface area (Å²) in [5.41, 5.74) is 2.63. The second kappa shape index (κ2) is 8.53. The lowest BCUT2D eigenvalue weighted by Gasteiger charge is -2.31. The van der Waals surface area contributed by atoms with Gasteiger partial charge < -0.3 is 5.32 Å². The predicted molar refractivity (Wildman–Crippen MR) is 111 cm³/mol. The van der Waals surface area contributed by atoms with Gasteiger partial charge in [0, 0.05) is 4.88 Å². The van der Waals surface area contributed by atoms with Gasteiger partial charge >= 0.3 is 0 Å². The Bertz CT molecular complexity index is 765. The third-order valence-electron chi connectivity index (χ3n) is 5.87. The molecule has 0 saturated carbocycles. The number of amides is 1. The Morgan fingerprint density at radius 1 is 1.22 bits per heavy atom. The fraction of sp³-hybridized carbons (Fsp3) is 0.545. The van der Waals surface area contributed by atoms with Crippen molar-refractivity contribution in [1.29, 1.82) is 0 Å². The van der Waals surface area contributed by atoms with Gasteiger partial charge in [-0.2, -0.15) is 0 Å². The van der Waals surface area contributed by atoms with E-state index in [1.807, 2.05) is 0 Å². The van der Waals surface area contributed by atoms with Gasteiger partial charge in [-0.1, -0.05) is 37.3 Å². The third kappa shape index (κ3) is 4.96. The summed E-state index contributed by atoms with van der Waals surface area (Å²) in [6, 6.07) is 10.7. The van der Waals surface area contributed by atoms with Crippen LogP contribution in [0.25, 0.3) is 0 Å². The summed E-state index contributed by atoms with van der Waals surface area (Å²) in [4.78, 5) is 20.7. The lowest BCUT2D eigenvalue weighted by Crippen LogP contribution is -2.39. The minimum atomic E-state index is 0.0793. The van der Waals surface area contributed by atoms with Crippen LogP contribution >= 0.6 is 11.3 Å². The number of carbonyl (C=O) groups excluding carboxylic acids is 1.